The minimum Gasteiger partial charge on any atom is -0.468 e. The zero-order valence-corrected chi connectivity index (χ0v) is 11.4. The zero-order chi connectivity index (χ0) is 12.7. The highest BCUT2D eigenvalue weighted by Crippen LogP contribution is 2.11. The Morgan fingerprint density at radius 3 is 2.65 bits per heavy atom. The molecule has 0 saturated carbocycles. The van der Waals surface area contributed by atoms with Crippen LogP contribution in [0.1, 0.15) is 39.5 Å². The molecule has 0 bridgehead atoms. The summed E-state index contributed by atoms with van der Waals surface area (Å²) in [7, 11) is 1.44. The summed E-state index contributed by atoms with van der Waals surface area (Å²) in [6.45, 7) is 7.61. The van der Waals surface area contributed by atoms with E-state index in [0.29, 0.717) is 6.04 Å². The molecule has 0 radical (unpaired) electrons. The number of piperidine rings is 1. The third-order valence-electron chi connectivity index (χ3n) is 3.46. The number of hydrogen-bond donors (Lipinski definition) is 1. The number of nitrogens with one attached hydrogen (secondary N) is 1. The molecule has 0 aliphatic carbocycles. The van der Waals surface area contributed by atoms with Crippen molar-refractivity contribution < 1.29 is 9.53 Å². The van der Waals surface area contributed by atoms with Gasteiger partial charge in [-0.1, -0.05) is 13.3 Å². The standard InChI is InChI=1S/C13H26N2O2/c1-4-5-8-15-9-6-12(7-10-15)14-11(2)13(16)17-3/h11-12,14H,4-10H2,1-3H3. The van der Waals surface area contributed by atoms with Gasteiger partial charge in [-0.2, -0.15) is 0 Å². The Kier molecular flexibility index (Phi) is 6.52. The van der Waals surface area contributed by atoms with Crippen LogP contribution in [0.3, 0.4) is 0 Å². The Labute approximate surface area is 105 Å². The second-order valence-electron chi connectivity index (χ2n) is 4.88. The number of ether oxygens (including phenoxy) is 1. The van der Waals surface area contributed by atoms with E-state index < -0.39 is 0 Å². The maximum absolute atomic E-state index is 11.3. The van der Waals surface area contributed by atoms with Gasteiger partial charge in [0.05, 0.1) is 7.11 Å². The first kappa shape index (κ1) is 14.5. The van der Waals surface area contributed by atoms with Crippen LogP contribution in [0.5, 0.6) is 0 Å². The van der Waals surface area contributed by atoms with Gasteiger partial charge < -0.3 is 15.0 Å². The smallest absolute Gasteiger partial charge is 0.322 e. The van der Waals surface area contributed by atoms with Crippen LogP contribution in [0.25, 0.3) is 0 Å². The second-order valence-corrected chi connectivity index (χ2v) is 4.88. The summed E-state index contributed by atoms with van der Waals surface area (Å²) in [6, 6.07) is 0.272. The van der Waals surface area contributed by atoms with Crippen LogP contribution in [0.4, 0.5) is 0 Å². The van der Waals surface area contributed by atoms with E-state index in [1.165, 1.54) is 26.5 Å². The van der Waals surface area contributed by atoms with E-state index in [4.69, 9.17) is 4.74 Å². The SMILES string of the molecule is CCCCN1CCC(NC(C)C(=O)OC)CC1. The Morgan fingerprint density at radius 1 is 1.47 bits per heavy atom. The molecule has 0 amide bonds. The lowest BCUT2D eigenvalue weighted by atomic mass is 10.0. The van der Waals surface area contributed by atoms with Gasteiger partial charge in [-0.3, -0.25) is 4.79 Å². The minimum atomic E-state index is -0.188. The number of nitrogens with zero attached hydrogens (tertiary/aromatic N) is 1. The van der Waals surface area contributed by atoms with E-state index in [9.17, 15) is 4.79 Å². The van der Waals surface area contributed by atoms with E-state index in [-0.39, 0.29) is 12.0 Å². The number of hydrogen-bond acceptors (Lipinski definition) is 4. The van der Waals surface area contributed by atoms with E-state index in [0.717, 1.165) is 25.9 Å². The van der Waals surface area contributed by atoms with Crippen molar-refractivity contribution >= 4 is 5.97 Å². The zero-order valence-electron chi connectivity index (χ0n) is 11.4. The normalized spacial score (nSPS) is 20.2. The van der Waals surface area contributed by atoms with Crippen molar-refractivity contribution in [1.29, 1.82) is 0 Å². The number of rotatable bonds is 6. The van der Waals surface area contributed by atoms with Gasteiger partial charge in [0.25, 0.3) is 0 Å². The molecule has 1 rings (SSSR count). The first-order valence-corrected chi connectivity index (χ1v) is 6.73. The third-order valence-corrected chi connectivity index (χ3v) is 3.46. The van der Waals surface area contributed by atoms with Crippen LogP contribution in [0.15, 0.2) is 0 Å². The molecule has 0 spiro atoms. The third kappa shape index (κ3) is 5.04. The molecule has 1 aliphatic heterocycles. The minimum absolute atomic E-state index is 0.168. The molecule has 0 aromatic rings. The Bertz CT molecular complexity index is 225. The predicted molar refractivity (Wildman–Crippen MR) is 69.0 cm³/mol. The highest BCUT2D eigenvalue weighted by atomic mass is 16.5. The molecule has 1 atom stereocenters. The maximum atomic E-state index is 11.3. The average molecular weight is 242 g/mol. The van der Waals surface area contributed by atoms with Gasteiger partial charge in [-0.25, -0.2) is 0 Å². The molecular weight excluding hydrogens is 216 g/mol. The molecule has 1 saturated heterocycles. The Hall–Kier alpha value is -0.610. The molecule has 4 nitrogen and oxygen atoms in total. The maximum Gasteiger partial charge on any atom is 0.322 e. The molecule has 1 heterocycles. The number of carbonyl (C=O) groups is 1. The Balaban J connectivity index is 2.20. The largest absolute Gasteiger partial charge is 0.468 e. The fourth-order valence-electron chi connectivity index (χ4n) is 2.30. The topological polar surface area (TPSA) is 41.6 Å². The first-order valence-electron chi connectivity index (χ1n) is 6.73. The summed E-state index contributed by atoms with van der Waals surface area (Å²) in [5.41, 5.74) is 0. The van der Waals surface area contributed by atoms with Crippen LogP contribution in [0.2, 0.25) is 0 Å². The van der Waals surface area contributed by atoms with Gasteiger partial charge in [-0.05, 0) is 45.8 Å². The fourth-order valence-corrected chi connectivity index (χ4v) is 2.30. The molecular formula is C13H26N2O2. The quantitative estimate of drug-likeness (QED) is 0.715. The number of methoxy groups -OCH3 is 1. The van der Waals surface area contributed by atoms with Crippen molar-refractivity contribution in [2.75, 3.05) is 26.7 Å². The van der Waals surface area contributed by atoms with Crippen molar-refractivity contribution in [3.05, 3.63) is 0 Å². The molecule has 1 aliphatic rings. The number of carbonyl (C=O) groups excluding carboxylic acids is 1. The molecule has 1 fully saturated rings. The van der Waals surface area contributed by atoms with Crippen LogP contribution in [-0.2, 0) is 9.53 Å². The van der Waals surface area contributed by atoms with Gasteiger partial charge in [-0.15, -0.1) is 0 Å². The highest BCUT2D eigenvalue weighted by Gasteiger charge is 2.22. The number of unbranched alkanes of at least 4 members (excludes halogenated alkanes) is 1. The van der Waals surface area contributed by atoms with Gasteiger partial charge >= 0.3 is 5.97 Å². The van der Waals surface area contributed by atoms with Crippen molar-refractivity contribution in [2.24, 2.45) is 0 Å². The van der Waals surface area contributed by atoms with Gasteiger partial charge in [0.15, 0.2) is 0 Å². The fraction of sp³-hybridized carbons (Fsp3) is 0.923. The van der Waals surface area contributed by atoms with Gasteiger partial charge in [0, 0.05) is 6.04 Å². The molecule has 1 unspecified atom stereocenters. The van der Waals surface area contributed by atoms with Gasteiger partial charge in [0.2, 0.25) is 0 Å². The van der Waals surface area contributed by atoms with E-state index in [1.807, 2.05) is 6.92 Å². The molecule has 0 aromatic heterocycles. The predicted octanol–water partition coefficient (Wildman–Crippen LogP) is 1.40. The molecule has 0 aromatic carbocycles. The van der Waals surface area contributed by atoms with Crippen LogP contribution >= 0.6 is 0 Å². The van der Waals surface area contributed by atoms with Crippen molar-refractivity contribution in [2.45, 2.75) is 51.6 Å². The first-order chi connectivity index (χ1) is 8.17. The van der Waals surface area contributed by atoms with Crippen LogP contribution in [0, 0.1) is 0 Å². The molecule has 100 valence electrons. The summed E-state index contributed by atoms with van der Waals surface area (Å²) in [5, 5.41) is 3.34. The van der Waals surface area contributed by atoms with Crippen molar-refractivity contribution in [3.8, 4) is 0 Å². The summed E-state index contributed by atoms with van der Waals surface area (Å²) in [6.07, 6.45) is 4.81. The number of likely N-dealkylation sites (tertiary alicyclic amines) is 1. The molecule has 17 heavy (non-hydrogen) atoms. The van der Waals surface area contributed by atoms with E-state index in [2.05, 4.69) is 17.1 Å². The molecule has 4 heteroatoms. The Morgan fingerprint density at radius 2 is 2.12 bits per heavy atom. The lowest BCUT2D eigenvalue weighted by Crippen LogP contribution is -2.48. The highest BCUT2D eigenvalue weighted by molar-refractivity contribution is 5.75. The number of esters is 1. The summed E-state index contributed by atoms with van der Waals surface area (Å²) in [4.78, 5) is 13.8. The monoisotopic (exact) mass is 242 g/mol. The lowest BCUT2D eigenvalue weighted by molar-refractivity contribution is -0.142. The van der Waals surface area contributed by atoms with Crippen molar-refractivity contribution in [3.63, 3.8) is 0 Å². The van der Waals surface area contributed by atoms with E-state index >= 15 is 0 Å². The van der Waals surface area contributed by atoms with E-state index in [1.54, 1.807) is 0 Å². The van der Waals surface area contributed by atoms with Crippen molar-refractivity contribution in [1.82, 2.24) is 10.2 Å². The summed E-state index contributed by atoms with van der Waals surface area (Å²) < 4.78 is 4.72. The second kappa shape index (κ2) is 7.67. The average Bonchev–Trinajstić information content (AvgIpc) is 2.37. The summed E-state index contributed by atoms with van der Waals surface area (Å²) in [5.74, 6) is -0.168. The molecule has 1 N–H and O–H groups in total. The van der Waals surface area contributed by atoms with Gasteiger partial charge in [0.1, 0.15) is 6.04 Å². The van der Waals surface area contributed by atoms with Crippen LogP contribution in [-0.4, -0.2) is 49.7 Å². The lowest BCUT2D eigenvalue weighted by Gasteiger charge is -2.33. The summed E-state index contributed by atoms with van der Waals surface area (Å²) >= 11 is 0. The van der Waals surface area contributed by atoms with Crippen LogP contribution < -0.4 is 5.32 Å².